The summed E-state index contributed by atoms with van der Waals surface area (Å²) >= 11 is 6.29. The molecule has 0 spiro atoms. The predicted octanol–water partition coefficient (Wildman–Crippen LogP) is 4.06. The van der Waals surface area contributed by atoms with E-state index in [0.29, 0.717) is 23.7 Å². The lowest BCUT2D eigenvalue weighted by Crippen LogP contribution is -2.43. The first-order valence-electron chi connectivity index (χ1n) is 15.9. The third kappa shape index (κ3) is 9.70. The van der Waals surface area contributed by atoms with Crippen LogP contribution >= 0.6 is 20.8 Å². The highest BCUT2D eigenvalue weighted by atomic mass is 35.5. The van der Waals surface area contributed by atoms with Crippen LogP contribution in [-0.2, 0) is 17.9 Å². The summed E-state index contributed by atoms with van der Waals surface area (Å²) < 4.78 is 1.89. The van der Waals surface area contributed by atoms with Crippen molar-refractivity contribution in [3.05, 3.63) is 35.1 Å². The predicted molar refractivity (Wildman–Crippen MR) is 177 cm³/mol. The van der Waals surface area contributed by atoms with Gasteiger partial charge in [-0.05, 0) is 76.4 Å². The van der Waals surface area contributed by atoms with Gasteiger partial charge in [0.15, 0.2) is 0 Å². The van der Waals surface area contributed by atoms with Crippen molar-refractivity contribution >= 4 is 49.4 Å². The summed E-state index contributed by atoms with van der Waals surface area (Å²) in [5.74, 6) is 1.45. The first-order valence-corrected chi connectivity index (χ1v) is 17.1. The number of aryl methyl sites for hydroxylation is 1. The monoisotopic (exact) mass is 628 g/mol. The Labute approximate surface area is 261 Å². The van der Waals surface area contributed by atoms with Crippen LogP contribution in [0.5, 0.6) is 0 Å². The van der Waals surface area contributed by atoms with Gasteiger partial charge in [-0.2, -0.15) is 4.98 Å². The third-order valence-electron chi connectivity index (χ3n) is 8.35. The highest BCUT2D eigenvalue weighted by Gasteiger charge is 2.23. The van der Waals surface area contributed by atoms with Crippen LogP contribution in [0.15, 0.2) is 24.4 Å². The van der Waals surface area contributed by atoms with Crippen LogP contribution in [0.4, 0.5) is 11.8 Å². The van der Waals surface area contributed by atoms with Crippen molar-refractivity contribution in [2.24, 2.45) is 0 Å². The number of benzene rings is 1. The number of anilines is 2. The van der Waals surface area contributed by atoms with E-state index in [9.17, 15) is 4.79 Å². The minimum absolute atomic E-state index is 0.179. The number of hydrogen-bond acceptors (Lipinski definition) is 9. The van der Waals surface area contributed by atoms with Crippen LogP contribution in [0.1, 0.15) is 63.5 Å². The molecule has 0 radical (unpaired) electrons. The number of aromatic nitrogens is 5. The summed E-state index contributed by atoms with van der Waals surface area (Å²) in [6, 6.07) is 6.62. The number of amides is 1. The minimum atomic E-state index is 0.179. The van der Waals surface area contributed by atoms with Crippen molar-refractivity contribution in [1.29, 1.82) is 0 Å². The zero-order valence-electron chi connectivity index (χ0n) is 25.0. The SMILES string of the molecule is O=C(CP)N1CCC(Nc2nc(NCc3cn(CCCNCCCNC4CCCCC4)nn3)nc3cc(Cl)ccc23)CC1. The molecule has 2 aromatic heterocycles. The molecule has 2 fully saturated rings. The highest BCUT2D eigenvalue weighted by Crippen LogP contribution is 2.27. The molecule has 1 aliphatic heterocycles. The molecule has 1 aromatic carbocycles. The van der Waals surface area contributed by atoms with E-state index in [2.05, 4.69) is 40.8 Å². The molecular formula is C30H46ClN10OP. The molecule has 3 heterocycles. The second-order valence-corrected chi connectivity index (χ2v) is 12.5. The zero-order valence-corrected chi connectivity index (χ0v) is 26.9. The van der Waals surface area contributed by atoms with Crippen LogP contribution < -0.4 is 21.3 Å². The second kappa shape index (κ2) is 16.5. The van der Waals surface area contributed by atoms with E-state index in [1.165, 1.54) is 32.1 Å². The summed E-state index contributed by atoms with van der Waals surface area (Å²) in [7, 11) is 2.52. The van der Waals surface area contributed by atoms with E-state index in [1.54, 1.807) is 0 Å². The van der Waals surface area contributed by atoms with Crippen LogP contribution in [-0.4, -0.2) is 86.7 Å². The van der Waals surface area contributed by atoms with Crippen molar-refractivity contribution in [2.75, 3.05) is 49.5 Å². The Bertz CT molecular complexity index is 1310. The van der Waals surface area contributed by atoms with Gasteiger partial charge in [-0.15, -0.1) is 14.3 Å². The lowest BCUT2D eigenvalue weighted by molar-refractivity contribution is -0.129. The number of carbonyl (C=O) groups is 1. The number of nitrogens with zero attached hydrogens (tertiary/aromatic N) is 6. The van der Waals surface area contributed by atoms with Crippen molar-refractivity contribution in [1.82, 2.24) is 40.5 Å². The van der Waals surface area contributed by atoms with Gasteiger partial charge in [-0.1, -0.05) is 36.1 Å². The number of carbonyl (C=O) groups excluding carboxylic acids is 1. The number of rotatable bonds is 15. The smallest absolute Gasteiger partial charge is 0.226 e. The maximum Gasteiger partial charge on any atom is 0.226 e. The number of piperidine rings is 1. The Morgan fingerprint density at radius 2 is 1.81 bits per heavy atom. The molecule has 4 N–H and O–H groups in total. The number of hydrogen-bond donors (Lipinski definition) is 4. The molecule has 5 rings (SSSR count). The van der Waals surface area contributed by atoms with E-state index >= 15 is 0 Å². The first-order chi connectivity index (χ1) is 21.1. The van der Waals surface area contributed by atoms with E-state index in [-0.39, 0.29) is 11.9 Å². The molecule has 1 amide bonds. The Balaban J connectivity index is 1.06. The maximum absolute atomic E-state index is 12.1. The molecular weight excluding hydrogens is 583 g/mol. The number of halogens is 1. The van der Waals surface area contributed by atoms with E-state index < -0.39 is 0 Å². The number of likely N-dealkylation sites (tertiary alicyclic amines) is 1. The minimum Gasteiger partial charge on any atom is -0.367 e. The van der Waals surface area contributed by atoms with Gasteiger partial charge in [0, 0.05) is 48.3 Å². The Hall–Kier alpha value is -2.59. The second-order valence-electron chi connectivity index (χ2n) is 11.6. The molecule has 1 aliphatic carbocycles. The summed E-state index contributed by atoms with van der Waals surface area (Å²) in [6.07, 6.45) is 13.2. The van der Waals surface area contributed by atoms with Gasteiger partial charge in [0.05, 0.1) is 18.3 Å². The van der Waals surface area contributed by atoms with Crippen molar-refractivity contribution < 1.29 is 4.79 Å². The summed E-state index contributed by atoms with van der Waals surface area (Å²) in [4.78, 5) is 23.5. The van der Waals surface area contributed by atoms with Gasteiger partial charge in [-0.3, -0.25) is 9.48 Å². The molecule has 1 saturated heterocycles. The Morgan fingerprint density at radius 3 is 2.63 bits per heavy atom. The lowest BCUT2D eigenvalue weighted by Gasteiger charge is -2.32. The molecule has 0 bridgehead atoms. The molecule has 11 nitrogen and oxygen atoms in total. The molecule has 13 heteroatoms. The normalized spacial score (nSPS) is 16.6. The van der Waals surface area contributed by atoms with Gasteiger partial charge >= 0.3 is 0 Å². The average Bonchev–Trinajstić information content (AvgIpc) is 3.49. The Kier molecular flexibility index (Phi) is 12.2. The molecule has 1 saturated carbocycles. The Morgan fingerprint density at radius 1 is 1.00 bits per heavy atom. The van der Waals surface area contributed by atoms with Crippen LogP contribution in [0, 0.1) is 0 Å². The fourth-order valence-electron chi connectivity index (χ4n) is 5.90. The fraction of sp³-hybridized carbons (Fsp3) is 0.633. The van der Waals surface area contributed by atoms with Crippen molar-refractivity contribution in [3.8, 4) is 0 Å². The standard InChI is InChI=1S/C30H46ClN10OP/c31-22-8-9-26-27(18-22)36-30(37-29(26)35-24-10-16-40(17-11-24)28(42)21-43)34-19-25-20-41(39-38-25)15-5-13-32-12-4-14-33-23-6-2-1-3-7-23/h8-9,18,20,23-24,32-33H,1-7,10-17,19,21,43H2,(H2,34,35,36,37). The highest BCUT2D eigenvalue weighted by molar-refractivity contribution is 7.18. The van der Waals surface area contributed by atoms with E-state index in [0.717, 1.165) is 93.4 Å². The molecule has 1 unspecified atom stereocenters. The van der Waals surface area contributed by atoms with Gasteiger partial charge in [0.1, 0.15) is 11.5 Å². The summed E-state index contributed by atoms with van der Waals surface area (Å²) in [5.41, 5.74) is 1.60. The van der Waals surface area contributed by atoms with E-state index in [4.69, 9.17) is 21.6 Å². The largest absolute Gasteiger partial charge is 0.367 e. The summed E-state index contributed by atoms with van der Waals surface area (Å²) in [6.45, 7) is 5.88. The molecule has 2 aliphatic rings. The maximum atomic E-state index is 12.1. The van der Waals surface area contributed by atoms with Crippen molar-refractivity contribution in [2.45, 2.75) is 83.0 Å². The van der Waals surface area contributed by atoms with Crippen LogP contribution in [0.3, 0.4) is 0 Å². The molecule has 1 atom stereocenters. The number of nitrogens with one attached hydrogen (secondary N) is 4. The first kappa shape index (κ1) is 31.8. The molecule has 3 aromatic rings. The molecule has 43 heavy (non-hydrogen) atoms. The summed E-state index contributed by atoms with van der Waals surface area (Å²) in [5, 5.41) is 24.3. The fourth-order valence-corrected chi connectivity index (χ4v) is 6.33. The molecule has 234 valence electrons. The average molecular weight is 629 g/mol. The van der Waals surface area contributed by atoms with E-state index in [1.807, 2.05) is 34.0 Å². The lowest BCUT2D eigenvalue weighted by atomic mass is 9.95. The number of fused-ring (bicyclic) bond motifs is 1. The zero-order chi connectivity index (χ0) is 29.9. The quantitative estimate of drug-likeness (QED) is 0.146. The van der Waals surface area contributed by atoms with Gasteiger partial charge in [0.2, 0.25) is 11.9 Å². The topological polar surface area (TPSA) is 125 Å². The van der Waals surface area contributed by atoms with Gasteiger partial charge in [-0.25, -0.2) is 4.98 Å². The van der Waals surface area contributed by atoms with Crippen LogP contribution in [0.25, 0.3) is 10.9 Å². The van der Waals surface area contributed by atoms with Gasteiger partial charge in [0.25, 0.3) is 0 Å². The van der Waals surface area contributed by atoms with Crippen LogP contribution in [0.2, 0.25) is 5.02 Å². The third-order valence-corrected chi connectivity index (χ3v) is 8.93. The van der Waals surface area contributed by atoms with Gasteiger partial charge < -0.3 is 26.2 Å². The van der Waals surface area contributed by atoms with Crippen molar-refractivity contribution in [3.63, 3.8) is 0 Å².